The van der Waals surface area contributed by atoms with Crippen molar-refractivity contribution in [1.29, 1.82) is 0 Å². The van der Waals surface area contributed by atoms with Crippen molar-refractivity contribution in [2.24, 2.45) is 0 Å². The molecular formula is C18H19N5O4. The number of carbonyl (C=O) groups is 2. The molecule has 2 amide bonds. The third kappa shape index (κ3) is 3.76. The van der Waals surface area contributed by atoms with E-state index in [9.17, 15) is 9.59 Å². The molecule has 0 atom stereocenters. The number of rotatable bonds is 5. The van der Waals surface area contributed by atoms with Gasteiger partial charge in [-0.1, -0.05) is 6.07 Å². The summed E-state index contributed by atoms with van der Waals surface area (Å²) in [4.78, 5) is 26.8. The van der Waals surface area contributed by atoms with E-state index in [4.69, 9.17) is 9.47 Å². The van der Waals surface area contributed by atoms with Gasteiger partial charge in [-0.2, -0.15) is 0 Å². The molecule has 1 saturated heterocycles. The standard InChI is InChI=1S/C18H19N5O4/c24-11-22-5-7-23(8-6-22)17-4-2-14(20-21-17)18(25)19-10-13-1-3-15-16(9-13)27-12-26-15/h1-4,9,11H,5-8,10,12H2,(H,19,25). The lowest BCUT2D eigenvalue weighted by Crippen LogP contribution is -2.46. The second-order valence-corrected chi connectivity index (χ2v) is 6.28. The molecule has 2 aromatic rings. The molecule has 2 aliphatic rings. The summed E-state index contributed by atoms with van der Waals surface area (Å²) in [5.74, 6) is 1.80. The molecule has 9 nitrogen and oxygen atoms in total. The number of hydrogen-bond donors (Lipinski definition) is 1. The third-order valence-corrected chi connectivity index (χ3v) is 4.56. The van der Waals surface area contributed by atoms with E-state index in [0.29, 0.717) is 50.0 Å². The molecule has 140 valence electrons. The van der Waals surface area contributed by atoms with E-state index >= 15 is 0 Å². The first kappa shape index (κ1) is 17.1. The zero-order chi connectivity index (χ0) is 18.6. The van der Waals surface area contributed by atoms with E-state index in [1.54, 1.807) is 17.0 Å². The van der Waals surface area contributed by atoms with Crippen molar-refractivity contribution in [3.8, 4) is 11.5 Å². The van der Waals surface area contributed by atoms with Gasteiger partial charge in [0.05, 0.1) is 0 Å². The fraction of sp³-hybridized carbons (Fsp3) is 0.333. The number of nitrogens with one attached hydrogen (secondary N) is 1. The van der Waals surface area contributed by atoms with Crippen molar-refractivity contribution in [2.45, 2.75) is 6.54 Å². The topological polar surface area (TPSA) is 96.9 Å². The highest BCUT2D eigenvalue weighted by molar-refractivity contribution is 5.92. The Morgan fingerprint density at radius 3 is 2.63 bits per heavy atom. The Balaban J connectivity index is 1.33. The fourth-order valence-corrected chi connectivity index (χ4v) is 3.00. The highest BCUT2D eigenvalue weighted by Crippen LogP contribution is 2.32. The van der Waals surface area contributed by atoms with Crippen molar-refractivity contribution in [2.75, 3.05) is 37.9 Å². The number of benzene rings is 1. The van der Waals surface area contributed by atoms with Gasteiger partial charge in [-0.3, -0.25) is 9.59 Å². The van der Waals surface area contributed by atoms with E-state index in [0.717, 1.165) is 12.0 Å². The summed E-state index contributed by atoms with van der Waals surface area (Å²) in [6.07, 6.45) is 0.858. The number of amides is 2. The van der Waals surface area contributed by atoms with Crippen molar-refractivity contribution >= 4 is 18.1 Å². The maximum absolute atomic E-state index is 12.3. The predicted octanol–water partition coefficient (Wildman–Crippen LogP) is 0.414. The quantitative estimate of drug-likeness (QED) is 0.763. The Morgan fingerprint density at radius 1 is 1.07 bits per heavy atom. The van der Waals surface area contributed by atoms with Gasteiger partial charge in [0.25, 0.3) is 5.91 Å². The van der Waals surface area contributed by atoms with E-state index in [1.807, 2.05) is 23.1 Å². The van der Waals surface area contributed by atoms with E-state index < -0.39 is 0 Å². The van der Waals surface area contributed by atoms with Crippen molar-refractivity contribution in [1.82, 2.24) is 20.4 Å². The number of carbonyl (C=O) groups excluding carboxylic acids is 2. The second-order valence-electron chi connectivity index (χ2n) is 6.28. The fourth-order valence-electron chi connectivity index (χ4n) is 3.00. The molecule has 0 bridgehead atoms. The minimum atomic E-state index is -0.294. The number of anilines is 1. The van der Waals surface area contributed by atoms with E-state index in [2.05, 4.69) is 15.5 Å². The first-order valence-electron chi connectivity index (χ1n) is 8.68. The van der Waals surface area contributed by atoms with Crippen LogP contribution in [0.4, 0.5) is 5.82 Å². The average molecular weight is 369 g/mol. The lowest BCUT2D eigenvalue weighted by molar-refractivity contribution is -0.118. The molecule has 1 fully saturated rings. The third-order valence-electron chi connectivity index (χ3n) is 4.56. The van der Waals surface area contributed by atoms with Gasteiger partial charge in [0.2, 0.25) is 13.2 Å². The van der Waals surface area contributed by atoms with Gasteiger partial charge in [0.15, 0.2) is 23.0 Å². The van der Waals surface area contributed by atoms with E-state index in [-0.39, 0.29) is 18.4 Å². The Hall–Kier alpha value is -3.36. The van der Waals surface area contributed by atoms with Crippen molar-refractivity contribution in [3.63, 3.8) is 0 Å². The minimum absolute atomic E-state index is 0.220. The van der Waals surface area contributed by atoms with Crippen LogP contribution in [0.15, 0.2) is 30.3 Å². The summed E-state index contributed by atoms with van der Waals surface area (Å²) in [6, 6.07) is 8.98. The molecule has 4 rings (SSSR count). The zero-order valence-corrected chi connectivity index (χ0v) is 14.6. The Kier molecular flexibility index (Phi) is 4.73. The number of nitrogens with zero attached hydrogens (tertiary/aromatic N) is 4. The van der Waals surface area contributed by atoms with Gasteiger partial charge >= 0.3 is 0 Å². The van der Waals surface area contributed by atoms with Crippen LogP contribution in [0, 0.1) is 0 Å². The average Bonchev–Trinajstić information content (AvgIpc) is 3.20. The molecular weight excluding hydrogens is 350 g/mol. The van der Waals surface area contributed by atoms with Gasteiger partial charge < -0.3 is 24.6 Å². The molecule has 0 unspecified atom stereocenters. The number of ether oxygens (including phenoxy) is 2. The van der Waals surface area contributed by atoms with Crippen LogP contribution in [0.3, 0.4) is 0 Å². The molecule has 0 radical (unpaired) electrons. The smallest absolute Gasteiger partial charge is 0.272 e. The number of piperazine rings is 1. The Labute approximate surface area is 155 Å². The maximum atomic E-state index is 12.3. The molecule has 9 heteroatoms. The molecule has 1 N–H and O–H groups in total. The summed E-state index contributed by atoms with van der Waals surface area (Å²) in [5.41, 5.74) is 1.16. The summed E-state index contributed by atoms with van der Waals surface area (Å²) in [7, 11) is 0. The Morgan fingerprint density at radius 2 is 1.89 bits per heavy atom. The van der Waals surface area contributed by atoms with Crippen LogP contribution in [-0.4, -0.2) is 60.4 Å². The first-order chi connectivity index (χ1) is 13.2. The van der Waals surface area contributed by atoms with Gasteiger partial charge in [-0.05, 0) is 29.8 Å². The largest absolute Gasteiger partial charge is 0.454 e. The lowest BCUT2D eigenvalue weighted by atomic mass is 10.2. The summed E-state index contributed by atoms with van der Waals surface area (Å²) < 4.78 is 10.6. The molecule has 1 aromatic carbocycles. The molecule has 3 heterocycles. The molecule has 0 saturated carbocycles. The van der Waals surface area contributed by atoms with Crippen LogP contribution < -0.4 is 19.7 Å². The normalized spacial score (nSPS) is 15.6. The number of hydrogen-bond acceptors (Lipinski definition) is 7. The van der Waals surface area contributed by atoms with Gasteiger partial charge in [0.1, 0.15) is 0 Å². The highest BCUT2D eigenvalue weighted by atomic mass is 16.7. The maximum Gasteiger partial charge on any atom is 0.272 e. The zero-order valence-electron chi connectivity index (χ0n) is 14.6. The van der Waals surface area contributed by atoms with Crippen molar-refractivity contribution in [3.05, 3.63) is 41.6 Å². The van der Waals surface area contributed by atoms with Gasteiger partial charge in [-0.25, -0.2) is 0 Å². The predicted molar refractivity (Wildman–Crippen MR) is 95.6 cm³/mol. The van der Waals surface area contributed by atoms with Crippen molar-refractivity contribution < 1.29 is 19.1 Å². The summed E-state index contributed by atoms with van der Waals surface area (Å²) in [5, 5.41) is 11.0. The molecule has 27 heavy (non-hydrogen) atoms. The van der Waals surface area contributed by atoms with Crippen LogP contribution >= 0.6 is 0 Å². The summed E-state index contributed by atoms with van der Waals surface area (Å²) in [6.45, 7) is 3.28. The van der Waals surface area contributed by atoms with Crippen LogP contribution in [0.5, 0.6) is 11.5 Å². The number of fused-ring (bicyclic) bond motifs is 1. The second kappa shape index (κ2) is 7.48. The SMILES string of the molecule is O=CN1CCN(c2ccc(C(=O)NCc3ccc4c(c3)OCO4)nn2)CC1. The van der Waals surface area contributed by atoms with Crippen LogP contribution in [0.1, 0.15) is 16.1 Å². The summed E-state index contributed by atoms with van der Waals surface area (Å²) >= 11 is 0. The van der Waals surface area contributed by atoms with E-state index in [1.165, 1.54) is 0 Å². The molecule has 0 aliphatic carbocycles. The number of aromatic nitrogens is 2. The lowest BCUT2D eigenvalue weighted by Gasteiger charge is -2.32. The van der Waals surface area contributed by atoms with Crippen LogP contribution in [-0.2, 0) is 11.3 Å². The first-order valence-corrected chi connectivity index (χ1v) is 8.68. The molecule has 1 aromatic heterocycles. The Bertz CT molecular complexity index is 834. The monoisotopic (exact) mass is 369 g/mol. The highest BCUT2D eigenvalue weighted by Gasteiger charge is 2.18. The molecule has 2 aliphatic heterocycles. The van der Waals surface area contributed by atoms with Crippen LogP contribution in [0.25, 0.3) is 0 Å². The van der Waals surface area contributed by atoms with Gasteiger partial charge in [0, 0.05) is 32.7 Å². The minimum Gasteiger partial charge on any atom is -0.454 e. The molecule has 0 spiro atoms. The van der Waals surface area contributed by atoms with Crippen LogP contribution in [0.2, 0.25) is 0 Å². The van der Waals surface area contributed by atoms with Gasteiger partial charge in [-0.15, -0.1) is 10.2 Å².